The van der Waals surface area contributed by atoms with Crippen LogP contribution in [0.4, 0.5) is 0 Å². The number of amides is 1. The first kappa shape index (κ1) is 12.5. The zero-order chi connectivity index (χ0) is 14.2. The molecule has 4 heteroatoms. The van der Waals surface area contributed by atoms with E-state index in [2.05, 4.69) is 0 Å². The molecule has 1 saturated carbocycles. The zero-order valence-corrected chi connectivity index (χ0v) is 11.7. The van der Waals surface area contributed by atoms with Crippen molar-refractivity contribution in [1.29, 1.82) is 0 Å². The van der Waals surface area contributed by atoms with Gasteiger partial charge >= 0.3 is 0 Å². The molecular weight excluding hydrogens is 266 g/mol. The molecule has 1 aromatic heterocycles. The summed E-state index contributed by atoms with van der Waals surface area (Å²) in [6.45, 7) is 1.26. The number of hydrogen-bond donors (Lipinski definition) is 0. The molecule has 21 heavy (non-hydrogen) atoms. The van der Waals surface area contributed by atoms with Gasteiger partial charge in [-0.15, -0.1) is 0 Å². The van der Waals surface area contributed by atoms with Crippen molar-refractivity contribution in [2.75, 3.05) is 6.61 Å². The Labute approximate surface area is 123 Å². The van der Waals surface area contributed by atoms with Gasteiger partial charge in [0.1, 0.15) is 11.5 Å². The number of ether oxygens (including phenoxy) is 1. The van der Waals surface area contributed by atoms with E-state index in [-0.39, 0.29) is 5.91 Å². The van der Waals surface area contributed by atoms with E-state index in [1.807, 2.05) is 35.2 Å². The van der Waals surface area contributed by atoms with Crippen LogP contribution in [0.2, 0.25) is 0 Å². The van der Waals surface area contributed by atoms with Crippen molar-refractivity contribution < 1.29 is 13.9 Å². The van der Waals surface area contributed by atoms with Gasteiger partial charge in [-0.05, 0) is 48.7 Å². The number of nitrogens with zero attached hydrogens (tertiary/aromatic N) is 1. The van der Waals surface area contributed by atoms with E-state index < -0.39 is 0 Å². The normalized spacial score (nSPS) is 16.4. The first-order valence-corrected chi connectivity index (χ1v) is 7.40. The molecule has 4 nitrogen and oxygen atoms in total. The highest BCUT2D eigenvalue weighted by Crippen LogP contribution is 2.31. The second-order valence-electron chi connectivity index (χ2n) is 5.66. The molecule has 0 spiro atoms. The van der Waals surface area contributed by atoms with Gasteiger partial charge in [-0.3, -0.25) is 4.79 Å². The van der Waals surface area contributed by atoms with Gasteiger partial charge in [0.25, 0.3) is 5.91 Å². The third-order valence-corrected chi connectivity index (χ3v) is 4.09. The number of benzene rings is 1. The highest BCUT2D eigenvalue weighted by Gasteiger charge is 2.34. The molecule has 1 aliphatic heterocycles. The molecule has 0 atom stereocenters. The summed E-state index contributed by atoms with van der Waals surface area (Å²) in [5.74, 6) is 1.83. The molecule has 108 valence electrons. The Morgan fingerprint density at radius 2 is 2.19 bits per heavy atom. The van der Waals surface area contributed by atoms with E-state index in [0.29, 0.717) is 19.2 Å². The molecule has 1 fully saturated rings. The number of carbonyl (C=O) groups is 1. The first-order valence-electron chi connectivity index (χ1n) is 7.40. The van der Waals surface area contributed by atoms with Crippen molar-refractivity contribution in [3.63, 3.8) is 0 Å². The Morgan fingerprint density at radius 3 is 2.95 bits per heavy atom. The first-order chi connectivity index (χ1) is 10.3. The second kappa shape index (κ2) is 4.95. The molecule has 4 rings (SSSR count). The zero-order valence-electron chi connectivity index (χ0n) is 11.7. The molecule has 0 N–H and O–H groups in total. The Bertz CT molecular complexity index is 659. The highest BCUT2D eigenvalue weighted by molar-refractivity contribution is 5.95. The number of hydrogen-bond acceptors (Lipinski definition) is 3. The summed E-state index contributed by atoms with van der Waals surface area (Å²) in [6, 6.07) is 9.88. The molecule has 1 amide bonds. The predicted molar refractivity (Wildman–Crippen MR) is 77.2 cm³/mol. The third kappa shape index (κ3) is 2.42. The van der Waals surface area contributed by atoms with Crippen LogP contribution in [-0.2, 0) is 13.0 Å². The van der Waals surface area contributed by atoms with Gasteiger partial charge in [0.05, 0.1) is 19.4 Å². The van der Waals surface area contributed by atoms with Gasteiger partial charge in [0, 0.05) is 18.0 Å². The number of rotatable bonds is 4. The highest BCUT2D eigenvalue weighted by atomic mass is 16.5. The minimum absolute atomic E-state index is 0.0867. The number of fused-ring (bicyclic) bond motifs is 1. The fourth-order valence-electron chi connectivity index (χ4n) is 2.81. The van der Waals surface area contributed by atoms with E-state index >= 15 is 0 Å². The summed E-state index contributed by atoms with van der Waals surface area (Å²) in [6.07, 6.45) is 4.71. The van der Waals surface area contributed by atoms with Gasteiger partial charge in [0.2, 0.25) is 0 Å². The third-order valence-electron chi connectivity index (χ3n) is 4.09. The van der Waals surface area contributed by atoms with Crippen molar-refractivity contribution in [1.82, 2.24) is 4.90 Å². The summed E-state index contributed by atoms with van der Waals surface area (Å²) in [7, 11) is 0. The number of furan rings is 1. The van der Waals surface area contributed by atoms with Crippen LogP contribution >= 0.6 is 0 Å². The van der Waals surface area contributed by atoms with Crippen molar-refractivity contribution in [2.45, 2.75) is 31.8 Å². The maximum Gasteiger partial charge on any atom is 0.254 e. The SMILES string of the molecule is O=C(c1ccc2c(c1)CCO2)N(Cc1ccco1)C1CC1. The van der Waals surface area contributed by atoms with Crippen LogP contribution in [0.1, 0.15) is 34.5 Å². The largest absolute Gasteiger partial charge is 0.493 e. The van der Waals surface area contributed by atoms with E-state index in [9.17, 15) is 4.79 Å². The van der Waals surface area contributed by atoms with Crippen molar-refractivity contribution in [3.05, 3.63) is 53.5 Å². The Hall–Kier alpha value is -2.23. The number of carbonyl (C=O) groups excluding carboxylic acids is 1. The smallest absolute Gasteiger partial charge is 0.254 e. The lowest BCUT2D eigenvalue weighted by atomic mass is 10.1. The van der Waals surface area contributed by atoms with Gasteiger partial charge in [-0.25, -0.2) is 0 Å². The standard InChI is InChI=1S/C17H17NO3/c19-17(13-3-6-16-12(10-13)7-9-21-16)18(14-4-5-14)11-15-2-1-8-20-15/h1-3,6,8,10,14H,4-5,7,9,11H2. The van der Waals surface area contributed by atoms with Crippen molar-refractivity contribution >= 4 is 5.91 Å². The van der Waals surface area contributed by atoms with Crippen LogP contribution in [0.3, 0.4) is 0 Å². The molecule has 2 aromatic rings. The fraction of sp³-hybridized carbons (Fsp3) is 0.353. The van der Waals surface area contributed by atoms with E-state index in [0.717, 1.165) is 41.9 Å². The average Bonchev–Trinajstić information content (AvgIpc) is 3.02. The van der Waals surface area contributed by atoms with Crippen LogP contribution < -0.4 is 4.74 Å². The Balaban J connectivity index is 1.59. The molecule has 0 radical (unpaired) electrons. The molecule has 0 saturated heterocycles. The van der Waals surface area contributed by atoms with Crippen LogP contribution in [-0.4, -0.2) is 23.5 Å². The van der Waals surface area contributed by atoms with Crippen molar-refractivity contribution in [3.8, 4) is 5.75 Å². The summed E-state index contributed by atoms with van der Waals surface area (Å²) < 4.78 is 10.9. The maximum atomic E-state index is 12.8. The average molecular weight is 283 g/mol. The molecule has 2 aliphatic rings. The lowest BCUT2D eigenvalue weighted by Crippen LogP contribution is -2.32. The van der Waals surface area contributed by atoms with Gasteiger partial charge in [0.15, 0.2) is 0 Å². The fourth-order valence-corrected chi connectivity index (χ4v) is 2.81. The van der Waals surface area contributed by atoms with E-state index in [1.54, 1.807) is 6.26 Å². The molecule has 0 bridgehead atoms. The van der Waals surface area contributed by atoms with Crippen LogP contribution in [0, 0.1) is 0 Å². The minimum Gasteiger partial charge on any atom is -0.493 e. The molecule has 1 aromatic carbocycles. The summed E-state index contributed by atoms with van der Waals surface area (Å²) in [5, 5.41) is 0. The predicted octanol–water partition coefficient (Wildman–Crippen LogP) is 3.02. The topological polar surface area (TPSA) is 42.7 Å². The van der Waals surface area contributed by atoms with Crippen LogP contribution in [0.5, 0.6) is 5.75 Å². The second-order valence-corrected chi connectivity index (χ2v) is 5.66. The molecule has 1 aliphatic carbocycles. The van der Waals surface area contributed by atoms with Gasteiger partial charge < -0.3 is 14.1 Å². The molecular formula is C17H17NO3. The summed E-state index contributed by atoms with van der Waals surface area (Å²) >= 11 is 0. The van der Waals surface area contributed by atoms with Crippen molar-refractivity contribution in [2.24, 2.45) is 0 Å². The lowest BCUT2D eigenvalue weighted by molar-refractivity contribution is 0.0717. The Morgan fingerprint density at radius 1 is 1.29 bits per heavy atom. The summed E-state index contributed by atoms with van der Waals surface area (Å²) in [4.78, 5) is 14.7. The van der Waals surface area contributed by atoms with E-state index in [4.69, 9.17) is 9.15 Å². The van der Waals surface area contributed by atoms with Crippen LogP contribution in [0.15, 0.2) is 41.0 Å². The quantitative estimate of drug-likeness (QED) is 0.866. The lowest BCUT2D eigenvalue weighted by Gasteiger charge is -2.21. The van der Waals surface area contributed by atoms with Gasteiger partial charge in [-0.2, -0.15) is 0 Å². The van der Waals surface area contributed by atoms with Crippen LogP contribution in [0.25, 0.3) is 0 Å². The minimum atomic E-state index is 0.0867. The summed E-state index contributed by atoms with van der Waals surface area (Å²) in [5.41, 5.74) is 1.88. The monoisotopic (exact) mass is 283 g/mol. The maximum absolute atomic E-state index is 12.8. The van der Waals surface area contributed by atoms with Gasteiger partial charge in [-0.1, -0.05) is 0 Å². The molecule has 2 heterocycles. The van der Waals surface area contributed by atoms with E-state index in [1.165, 1.54) is 0 Å². The molecule has 0 unspecified atom stereocenters. The Kier molecular flexibility index (Phi) is 2.95.